The van der Waals surface area contributed by atoms with Gasteiger partial charge in [0, 0.05) is 26.1 Å². The molecule has 3 N–H and O–H groups in total. The zero-order valence-electron chi connectivity index (χ0n) is 13.0. The predicted octanol–water partition coefficient (Wildman–Crippen LogP) is 2.17. The van der Waals surface area contributed by atoms with E-state index in [0.29, 0.717) is 32.0 Å². The topological polar surface area (TPSA) is 70.2 Å². The van der Waals surface area contributed by atoms with Gasteiger partial charge in [0.25, 0.3) is 0 Å². The molecule has 0 atom stereocenters. The maximum absolute atomic E-state index is 11.6. The highest BCUT2D eigenvalue weighted by atomic mass is 16.2. The average molecular weight is 291 g/mol. The average Bonchev–Trinajstić information content (AvgIpc) is 2.48. The van der Waals surface area contributed by atoms with Crippen molar-refractivity contribution < 1.29 is 9.59 Å². The molecule has 1 rings (SSSR count). The Morgan fingerprint density at radius 3 is 2.24 bits per heavy atom. The van der Waals surface area contributed by atoms with Gasteiger partial charge in [-0.05, 0) is 17.0 Å². The number of urea groups is 1. The molecule has 0 aliphatic rings. The number of nitrogens with one attached hydrogen (secondary N) is 3. The van der Waals surface area contributed by atoms with Gasteiger partial charge in [-0.25, -0.2) is 4.79 Å². The zero-order chi connectivity index (χ0) is 15.7. The summed E-state index contributed by atoms with van der Waals surface area (Å²) in [5, 5.41) is 8.46. The molecule has 0 unspecified atom stereocenters. The van der Waals surface area contributed by atoms with Crippen LogP contribution in [0.1, 0.15) is 38.3 Å². The molecule has 0 heterocycles. The lowest BCUT2D eigenvalue weighted by molar-refractivity contribution is -0.120. The first-order valence-corrected chi connectivity index (χ1v) is 7.37. The van der Waals surface area contributed by atoms with Crippen molar-refractivity contribution in [2.24, 2.45) is 5.92 Å². The first-order chi connectivity index (χ1) is 10.0. The van der Waals surface area contributed by atoms with E-state index in [0.717, 1.165) is 11.1 Å². The highest BCUT2D eigenvalue weighted by Crippen LogP contribution is 2.05. The Kier molecular flexibility index (Phi) is 7.29. The fourth-order valence-electron chi connectivity index (χ4n) is 1.72. The maximum Gasteiger partial charge on any atom is 0.315 e. The smallest absolute Gasteiger partial charge is 0.315 e. The Balaban J connectivity index is 2.41. The van der Waals surface area contributed by atoms with Crippen molar-refractivity contribution >= 4 is 11.9 Å². The fourth-order valence-corrected chi connectivity index (χ4v) is 1.72. The van der Waals surface area contributed by atoms with Crippen LogP contribution in [0.25, 0.3) is 0 Å². The summed E-state index contributed by atoms with van der Waals surface area (Å²) in [6.45, 7) is 7.57. The van der Waals surface area contributed by atoms with Gasteiger partial charge < -0.3 is 16.0 Å². The number of amides is 3. The van der Waals surface area contributed by atoms with Gasteiger partial charge in [-0.3, -0.25) is 4.79 Å². The molecule has 5 nitrogen and oxygen atoms in total. The van der Waals surface area contributed by atoms with Crippen molar-refractivity contribution in [2.45, 2.75) is 40.3 Å². The summed E-state index contributed by atoms with van der Waals surface area (Å²) in [4.78, 5) is 22.8. The maximum atomic E-state index is 11.6. The van der Waals surface area contributed by atoms with E-state index in [4.69, 9.17) is 0 Å². The minimum absolute atomic E-state index is 0.0339. The van der Waals surface area contributed by atoms with Crippen LogP contribution in [-0.2, 0) is 17.9 Å². The molecule has 21 heavy (non-hydrogen) atoms. The minimum Gasteiger partial charge on any atom is -0.352 e. The first kappa shape index (κ1) is 17.0. The largest absolute Gasteiger partial charge is 0.352 e. The number of carbonyl (C=O) groups is 2. The Morgan fingerprint density at radius 1 is 1.05 bits per heavy atom. The Hall–Kier alpha value is -2.04. The molecule has 1 aromatic carbocycles. The van der Waals surface area contributed by atoms with E-state index in [1.807, 2.05) is 45.0 Å². The van der Waals surface area contributed by atoms with Crippen LogP contribution in [0.3, 0.4) is 0 Å². The van der Waals surface area contributed by atoms with Crippen LogP contribution >= 0.6 is 0 Å². The summed E-state index contributed by atoms with van der Waals surface area (Å²) in [6.07, 6.45) is 0.483. The van der Waals surface area contributed by atoms with Crippen molar-refractivity contribution in [3.63, 3.8) is 0 Å². The van der Waals surface area contributed by atoms with Gasteiger partial charge in [0.2, 0.25) is 5.91 Å². The van der Waals surface area contributed by atoms with Crippen molar-refractivity contribution in [1.29, 1.82) is 0 Å². The van der Waals surface area contributed by atoms with Gasteiger partial charge in [-0.1, -0.05) is 45.0 Å². The number of benzene rings is 1. The lowest BCUT2D eigenvalue weighted by Crippen LogP contribution is -2.37. The summed E-state index contributed by atoms with van der Waals surface area (Å²) in [6, 6.07) is 7.66. The van der Waals surface area contributed by atoms with Gasteiger partial charge in [0.05, 0.1) is 0 Å². The van der Waals surface area contributed by atoms with Gasteiger partial charge in [0.1, 0.15) is 0 Å². The summed E-state index contributed by atoms with van der Waals surface area (Å²) in [5.74, 6) is 0.466. The Labute approximate surface area is 126 Å². The van der Waals surface area contributed by atoms with Crippen LogP contribution in [0, 0.1) is 5.92 Å². The van der Waals surface area contributed by atoms with Crippen LogP contribution < -0.4 is 16.0 Å². The third kappa shape index (κ3) is 7.34. The highest BCUT2D eigenvalue weighted by molar-refractivity contribution is 5.75. The van der Waals surface area contributed by atoms with Gasteiger partial charge >= 0.3 is 6.03 Å². The second kappa shape index (κ2) is 9.00. The number of rotatable bonds is 7. The molecule has 0 aliphatic carbocycles. The lowest BCUT2D eigenvalue weighted by atomic mass is 10.1. The normalized spacial score (nSPS) is 10.3. The molecule has 0 radical (unpaired) electrons. The Bertz CT molecular complexity index is 472. The molecule has 3 amide bonds. The molecule has 0 aromatic heterocycles. The SMILES string of the molecule is CCC(=O)NCc1cccc(CNC(=O)NCC(C)C)c1. The second-order valence-electron chi connectivity index (χ2n) is 5.41. The molecule has 0 fully saturated rings. The van der Waals surface area contributed by atoms with Crippen molar-refractivity contribution in [3.05, 3.63) is 35.4 Å². The predicted molar refractivity (Wildman–Crippen MR) is 83.7 cm³/mol. The van der Waals surface area contributed by atoms with E-state index in [9.17, 15) is 9.59 Å². The molecule has 0 bridgehead atoms. The third-order valence-corrected chi connectivity index (χ3v) is 2.93. The van der Waals surface area contributed by atoms with Crippen LogP contribution in [0.5, 0.6) is 0 Å². The van der Waals surface area contributed by atoms with Gasteiger partial charge in [0.15, 0.2) is 0 Å². The van der Waals surface area contributed by atoms with Crippen molar-refractivity contribution in [3.8, 4) is 0 Å². The van der Waals surface area contributed by atoms with Crippen molar-refractivity contribution in [2.75, 3.05) is 6.54 Å². The lowest BCUT2D eigenvalue weighted by Gasteiger charge is -2.10. The third-order valence-electron chi connectivity index (χ3n) is 2.93. The van der Waals surface area contributed by atoms with Crippen molar-refractivity contribution in [1.82, 2.24) is 16.0 Å². The zero-order valence-corrected chi connectivity index (χ0v) is 13.0. The van der Waals surface area contributed by atoms with E-state index < -0.39 is 0 Å². The van der Waals surface area contributed by atoms with E-state index in [1.54, 1.807) is 0 Å². The molecule has 0 aliphatic heterocycles. The quantitative estimate of drug-likeness (QED) is 0.720. The van der Waals surface area contributed by atoms with E-state index in [2.05, 4.69) is 16.0 Å². The number of hydrogen-bond donors (Lipinski definition) is 3. The molecule has 116 valence electrons. The van der Waals surface area contributed by atoms with Crippen LogP contribution in [-0.4, -0.2) is 18.5 Å². The Morgan fingerprint density at radius 2 is 1.67 bits per heavy atom. The molecule has 5 heteroatoms. The molecule has 0 spiro atoms. The van der Waals surface area contributed by atoms with Crippen LogP contribution in [0.4, 0.5) is 4.79 Å². The van der Waals surface area contributed by atoms with Gasteiger partial charge in [-0.15, -0.1) is 0 Å². The molecule has 1 aromatic rings. The molecular weight excluding hydrogens is 266 g/mol. The molecular formula is C16H25N3O2. The van der Waals surface area contributed by atoms with E-state index in [1.165, 1.54) is 0 Å². The highest BCUT2D eigenvalue weighted by Gasteiger charge is 2.03. The van der Waals surface area contributed by atoms with E-state index >= 15 is 0 Å². The molecule has 0 saturated carbocycles. The standard InChI is InChI=1S/C16H25N3O2/c1-4-15(20)17-10-13-6-5-7-14(8-13)11-19-16(21)18-9-12(2)3/h5-8,12H,4,9-11H2,1-3H3,(H,17,20)(H2,18,19,21). The summed E-state index contributed by atoms with van der Waals surface area (Å²) in [7, 11) is 0. The summed E-state index contributed by atoms with van der Waals surface area (Å²) >= 11 is 0. The van der Waals surface area contributed by atoms with Crippen LogP contribution in [0.15, 0.2) is 24.3 Å². The summed E-state index contributed by atoms with van der Waals surface area (Å²) < 4.78 is 0. The van der Waals surface area contributed by atoms with E-state index in [-0.39, 0.29) is 11.9 Å². The fraction of sp³-hybridized carbons (Fsp3) is 0.500. The second-order valence-corrected chi connectivity index (χ2v) is 5.41. The number of hydrogen-bond acceptors (Lipinski definition) is 2. The molecule has 0 saturated heterocycles. The van der Waals surface area contributed by atoms with Crippen LogP contribution in [0.2, 0.25) is 0 Å². The summed E-state index contributed by atoms with van der Waals surface area (Å²) in [5.41, 5.74) is 2.04. The van der Waals surface area contributed by atoms with Gasteiger partial charge in [-0.2, -0.15) is 0 Å². The number of carbonyl (C=O) groups excluding carboxylic acids is 2. The minimum atomic E-state index is -0.159. The first-order valence-electron chi connectivity index (χ1n) is 7.37. The monoisotopic (exact) mass is 291 g/mol.